The minimum atomic E-state index is -4.46. The monoisotopic (exact) mass is 664 g/mol. The molecule has 45 heavy (non-hydrogen) atoms. The van der Waals surface area contributed by atoms with Crippen LogP contribution >= 0.6 is 19.3 Å². The lowest BCUT2D eigenvalue weighted by molar-refractivity contribution is -0.149. The summed E-state index contributed by atoms with van der Waals surface area (Å²) >= 11 is 6.31. The predicted molar refractivity (Wildman–Crippen MR) is 166 cm³/mol. The highest BCUT2D eigenvalue weighted by atomic mass is 35.5. The second kappa shape index (κ2) is 13.1. The standard InChI is InChI=1S/C29H35ClFN6O7P/c1-16(2)42-28(39)17(3)36-45(40,44-21-12-8-10-19-9-6-7-11-20(19)21)41-14-29(13-30)24(38)22(31)27(43-29)37-15-33-23-25(32-5)34-18(4)35-26(23)37/h6-12,15-17,22,24,27,38H,13-14H2,1-5H3,(H,36,40)(H,32,34,35)/t17-,22+,24-,27+,29+,45-/m0/s1. The third-order valence-electron chi connectivity index (χ3n) is 7.24. The second-order valence-electron chi connectivity index (χ2n) is 11.0. The molecule has 1 aliphatic rings. The van der Waals surface area contributed by atoms with Crippen molar-refractivity contribution >= 4 is 53.1 Å². The van der Waals surface area contributed by atoms with Gasteiger partial charge in [0.05, 0.1) is 24.9 Å². The fourth-order valence-electron chi connectivity index (χ4n) is 5.00. The zero-order valence-corrected chi connectivity index (χ0v) is 27.0. The van der Waals surface area contributed by atoms with Crippen LogP contribution in [0.1, 0.15) is 32.8 Å². The molecule has 0 amide bonds. The van der Waals surface area contributed by atoms with Gasteiger partial charge < -0.3 is 24.4 Å². The zero-order valence-electron chi connectivity index (χ0n) is 25.3. The van der Waals surface area contributed by atoms with Crippen molar-refractivity contribution in [3.63, 3.8) is 0 Å². The molecule has 13 nitrogen and oxygen atoms in total. The molecule has 2 aromatic heterocycles. The highest BCUT2D eigenvalue weighted by molar-refractivity contribution is 7.52. The van der Waals surface area contributed by atoms with Gasteiger partial charge in [0.1, 0.15) is 29.3 Å². The Morgan fingerprint density at radius 1 is 1.22 bits per heavy atom. The number of aliphatic hydroxyl groups excluding tert-OH is 1. The van der Waals surface area contributed by atoms with Gasteiger partial charge in [0.2, 0.25) is 0 Å². The van der Waals surface area contributed by atoms with Gasteiger partial charge in [0.15, 0.2) is 29.4 Å². The molecule has 0 unspecified atom stereocenters. The van der Waals surface area contributed by atoms with Gasteiger partial charge in [-0.2, -0.15) is 5.09 Å². The fraction of sp³-hybridized carbons (Fsp3) is 0.448. The molecule has 1 aliphatic heterocycles. The quantitative estimate of drug-likeness (QED) is 0.109. The summed E-state index contributed by atoms with van der Waals surface area (Å²) in [5.41, 5.74) is -1.26. The second-order valence-corrected chi connectivity index (χ2v) is 12.9. The van der Waals surface area contributed by atoms with Crippen LogP contribution in [0.4, 0.5) is 10.2 Å². The molecule has 2 aromatic carbocycles. The molecule has 0 saturated carbocycles. The van der Waals surface area contributed by atoms with E-state index in [1.165, 1.54) is 17.8 Å². The number of aliphatic hydroxyl groups is 1. The Morgan fingerprint density at radius 2 is 1.96 bits per heavy atom. The van der Waals surface area contributed by atoms with Crippen molar-refractivity contribution in [2.45, 2.75) is 63.9 Å². The van der Waals surface area contributed by atoms with Gasteiger partial charge in [-0.25, -0.2) is 23.9 Å². The largest absolute Gasteiger partial charge is 0.462 e. The first kappa shape index (κ1) is 33.0. The van der Waals surface area contributed by atoms with E-state index < -0.39 is 62.5 Å². The van der Waals surface area contributed by atoms with Gasteiger partial charge in [-0.3, -0.25) is 13.9 Å². The molecule has 3 heterocycles. The Kier molecular flexibility index (Phi) is 9.64. The topological polar surface area (TPSA) is 159 Å². The van der Waals surface area contributed by atoms with Crippen LogP contribution in [-0.4, -0.2) is 80.2 Å². The first-order valence-corrected chi connectivity index (χ1v) is 16.3. The van der Waals surface area contributed by atoms with E-state index in [2.05, 4.69) is 25.4 Å². The first-order chi connectivity index (χ1) is 21.4. The number of aromatic nitrogens is 4. The molecule has 6 atom stereocenters. The average Bonchev–Trinajstić information content (AvgIpc) is 3.54. The summed E-state index contributed by atoms with van der Waals surface area (Å²) in [5, 5.41) is 18.1. The van der Waals surface area contributed by atoms with E-state index in [9.17, 15) is 14.5 Å². The van der Waals surface area contributed by atoms with Crippen molar-refractivity contribution < 1.29 is 37.4 Å². The highest BCUT2D eigenvalue weighted by Gasteiger charge is 2.57. The van der Waals surface area contributed by atoms with E-state index in [4.69, 9.17) is 30.1 Å². The van der Waals surface area contributed by atoms with Gasteiger partial charge in [0, 0.05) is 12.4 Å². The molecule has 0 aliphatic carbocycles. The normalized spacial score (nSPS) is 23.7. The number of hydrogen-bond donors (Lipinski definition) is 3. The molecule has 1 fully saturated rings. The van der Waals surface area contributed by atoms with Gasteiger partial charge >= 0.3 is 13.7 Å². The van der Waals surface area contributed by atoms with E-state index >= 15 is 4.39 Å². The van der Waals surface area contributed by atoms with Crippen LogP contribution in [0, 0.1) is 6.92 Å². The lowest BCUT2D eigenvalue weighted by Gasteiger charge is -2.31. The first-order valence-electron chi connectivity index (χ1n) is 14.3. The minimum Gasteiger partial charge on any atom is -0.462 e. The number of alkyl halides is 2. The van der Waals surface area contributed by atoms with Crippen molar-refractivity contribution in [2.24, 2.45) is 0 Å². The number of aryl methyl sites for hydroxylation is 1. The number of ether oxygens (including phenoxy) is 2. The lowest BCUT2D eigenvalue weighted by Crippen LogP contribution is -2.48. The molecule has 0 bridgehead atoms. The molecule has 4 aromatic rings. The number of benzene rings is 2. The van der Waals surface area contributed by atoms with Gasteiger partial charge in [-0.1, -0.05) is 36.4 Å². The summed E-state index contributed by atoms with van der Waals surface area (Å²) in [6, 6.07) is 11.3. The maximum Gasteiger partial charge on any atom is 0.459 e. The Balaban J connectivity index is 1.45. The minimum absolute atomic E-state index is 0.197. The van der Waals surface area contributed by atoms with Crippen LogP contribution < -0.4 is 14.9 Å². The van der Waals surface area contributed by atoms with Crippen molar-refractivity contribution in [3.05, 3.63) is 54.6 Å². The Labute approximate surface area is 264 Å². The number of anilines is 1. The summed E-state index contributed by atoms with van der Waals surface area (Å²) in [6.45, 7) is 5.78. The number of carbonyl (C=O) groups excluding carboxylic acids is 1. The van der Waals surface area contributed by atoms with Crippen LogP contribution in [-0.2, 0) is 23.4 Å². The molecule has 1 saturated heterocycles. The molecule has 0 radical (unpaired) electrons. The highest BCUT2D eigenvalue weighted by Crippen LogP contribution is 2.50. The Hall–Kier alpha value is -3.39. The third-order valence-corrected chi connectivity index (χ3v) is 9.31. The lowest BCUT2D eigenvalue weighted by atomic mass is 9.99. The van der Waals surface area contributed by atoms with Crippen LogP contribution in [0.3, 0.4) is 0 Å². The number of rotatable bonds is 12. The maximum atomic E-state index is 15.8. The number of nitrogens with zero attached hydrogens (tertiary/aromatic N) is 4. The molecule has 5 rings (SSSR count). The molecule has 16 heteroatoms. The van der Waals surface area contributed by atoms with Crippen molar-refractivity contribution in [1.29, 1.82) is 0 Å². The smallest absolute Gasteiger partial charge is 0.459 e. The maximum absolute atomic E-state index is 15.8. The Bertz CT molecular complexity index is 1740. The van der Waals surface area contributed by atoms with Gasteiger partial charge in [0.25, 0.3) is 0 Å². The Morgan fingerprint density at radius 3 is 2.67 bits per heavy atom. The van der Waals surface area contributed by atoms with Crippen LogP contribution in [0.2, 0.25) is 0 Å². The SMILES string of the molecule is CNc1nc(C)nc2c1ncn2[C@@H]1O[C@](CCl)(CO[P@@](=O)(N[C@@H](C)C(=O)OC(C)C)Oc2cccc3ccccc23)[C@@H](O)[C@H]1F. The van der Waals surface area contributed by atoms with Gasteiger partial charge in [-0.05, 0) is 39.1 Å². The van der Waals surface area contributed by atoms with E-state index in [1.807, 2.05) is 18.2 Å². The van der Waals surface area contributed by atoms with E-state index in [-0.39, 0.29) is 11.4 Å². The molecular weight excluding hydrogens is 630 g/mol. The summed E-state index contributed by atoms with van der Waals surface area (Å²) in [6.07, 6.45) is -4.36. The molecule has 0 spiro atoms. The molecule has 3 N–H and O–H groups in total. The summed E-state index contributed by atoms with van der Waals surface area (Å²) in [5.74, 6) is -0.124. The zero-order chi connectivity index (χ0) is 32.5. The average molecular weight is 665 g/mol. The summed E-state index contributed by atoms with van der Waals surface area (Å²) in [7, 11) is -2.79. The summed E-state index contributed by atoms with van der Waals surface area (Å²) in [4.78, 5) is 25.6. The number of nitrogens with one attached hydrogen (secondary N) is 2. The number of fused-ring (bicyclic) bond motifs is 2. The number of carbonyl (C=O) groups is 1. The van der Waals surface area contributed by atoms with Crippen molar-refractivity contribution in [2.75, 3.05) is 24.9 Å². The molecule has 242 valence electrons. The third kappa shape index (κ3) is 6.62. The number of imidazole rings is 1. The fourth-order valence-corrected chi connectivity index (χ4v) is 6.86. The van der Waals surface area contributed by atoms with Gasteiger partial charge in [-0.15, -0.1) is 11.6 Å². The summed E-state index contributed by atoms with van der Waals surface area (Å²) < 4.78 is 54.6. The van der Waals surface area contributed by atoms with Crippen LogP contribution in [0.5, 0.6) is 5.75 Å². The number of esters is 1. The number of halogens is 2. The number of hydrogen-bond acceptors (Lipinski definition) is 11. The van der Waals surface area contributed by atoms with Crippen LogP contribution in [0.15, 0.2) is 48.8 Å². The van der Waals surface area contributed by atoms with Crippen molar-refractivity contribution in [3.8, 4) is 5.75 Å². The van der Waals surface area contributed by atoms with E-state index in [0.29, 0.717) is 22.5 Å². The van der Waals surface area contributed by atoms with Crippen molar-refractivity contribution in [1.82, 2.24) is 24.6 Å². The predicted octanol–water partition coefficient (Wildman–Crippen LogP) is 4.67. The van der Waals surface area contributed by atoms with E-state index in [0.717, 1.165) is 5.39 Å². The van der Waals surface area contributed by atoms with E-state index in [1.54, 1.807) is 52.1 Å². The molecular formula is C29H35ClFN6O7P. The van der Waals surface area contributed by atoms with Crippen LogP contribution in [0.25, 0.3) is 21.9 Å².